The summed E-state index contributed by atoms with van der Waals surface area (Å²) < 4.78 is 11.0. The SMILES string of the molecule is COc1ccc(Nc2cc(/C=C/c3ccc(OCc4ccccc4)cc3)nc(N)n2)cc1. The summed E-state index contributed by atoms with van der Waals surface area (Å²) in [6.45, 7) is 0.542. The Morgan fingerprint density at radius 3 is 2.28 bits per heavy atom. The fourth-order valence-corrected chi connectivity index (χ4v) is 3.05. The smallest absolute Gasteiger partial charge is 0.222 e. The summed E-state index contributed by atoms with van der Waals surface area (Å²) in [4.78, 5) is 8.55. The Kier molecular flexibility index (Phi) is 6.63. The molecule has 160 valence electrons. The van der Waals surface area contributed by atoms with Crippen molar-refractivity contribution in [2.24, 2.45) is 0 Å². The zero-order chi connectivity index (χ0) is 22.2. The number of aromatic nitrogens is 2. The van der Waals surface area contributed by atoms with E-state index in [9.17, 15) is 0 Å². The highest BCUT2D eigenvalue weighted by Crippen LogP contribution is 2.21. The van der Waals surface area contributed by atoms with Gasteiger partial charge in [0.25, 0.3) is 0 Å². The number of hydrogen-bond donors (Lipinski definition) is 2. The van der Waals surface area contributed by atoms with Crippen LogP contribution in [0.1, 0.15) is 16.8 Å². The van der Waals surface area contributed by atoms with Gasteiger partial charge in [0.1, 0.15) is 23.9 Å². The lowest BCUT2D eigenvalue weighted by Gasteiger charge is -2.08. The number of anilines is 3. The number of benzene rings is 3. The summed E-state index contributed by atoms with van der Waals surface area (Å²) >= 11 is 0. The van der Waals surface area contributed by atoms with Crippen molar-refractivity contribution in [3.63, 3.8) is 0 Å². The minimum atomic E-state index is 0.202. The summed E-state index contributed by atoms with van der Waals surface area (Å²) in [5.41, 5.74) is 9.64. The van der Waals surface area contributed by atoms with Crippen molar-refractivity contribution in [2.45, 2.75) is 6.61 Å². The highest BCUT2D eigenvalue weighted by atomic mass is 16.5. The molecule has 6 heteroatoms. The molecule has 32 heavy (non-hydrogen) atoms. The van der Waals surface area contributed by atoms with Crippen molar-refractivity contribution in [2.75, 3.05) is 18.2 Å². The van der Waals surface area contributed by atoms with Crippen LogP contribution in [0, 0.1) is 0 Å². The minimum Gasteiger partial charge on any atom is -0.497 e. The van der Waals surface area contributed by atoms with Gasteiger partial charge in [0.2, 0.25) is 5.95 Å². The van der Waals surface area contributed by atoms with Crippen LogP contribution in [-0.2, 0) is 6.61 Å². The third-order valence-electron chi connectivity index (χ3n) is 4.70. The van der Waals surface area contributed by atoms with Crippen molar-refractivity contribution in [1.82, 2.24) is 9.97 Å². The van der Waals surface area contributed by atoms with Gasteiger partial charge in [0.05, 0.1) is 12.8 Å². The van der Waals surface area contributed by atoms with E-state index >= 15 is 0 Å². The first-order chi connectivity index (χ1) is 15.7. The molecule has 3 aromatic carbocycles. The number of ether oxygens (including phenoxy) is 2. The van der Waals surface area contributed by atoms with Gasteiger partial charge < -0.3 is 20.5 Å². The van der Waals surface area contributed by atoms with Crippen LogP contribution in [0.4, 0.5) is 17.5 Å². The van der Waals surface area contributed by atoms with Gasteiger partial charge in [-0.15, -0.1) is 0 Å². The highest BCUT2D eigenvalue weighted by molar-refractivity contribution is 5.70. The van der Waals surface area contributed by atoms with Crippen molar-refractivity contribution < 1.29 is 9.47 Å². The molecule has 0 amide bonds. The molecule has 1 aromatic heterocycles. The molecule has 0 fully saturated rings. The Bertz CT molecular complexity index is 1170. The molecule has 0 aliphatic heterocycles. The maximum atomic E-state index is 5.90. The van der Waals surface area contributed by atoms with E-state index in [2.05, 4.69) is 15.3 Å². The summed E-state index contributed by atoms with van der Waals surface area (Å²) in [6, 6.07) is 27.4. The quantitative estimate of drug-likeness (QED) is 0.385. The Balaban J connectivity index is 1.40. The second-order valence-corrected chi connectivity index (χ2v) is 7.07. The third kappa shape index (κ3) is 5.86. The Morgan fingerprint density at radius 2 is 1.56 bits per heavy atom. The first kappa shape index (κ1) is 20.9. The summed E-state index contributed by atoms with van der Waals surface area (Å²) in [6.07, 6.45) is 3.87. The van der Waals surface area contributed by atoms with E-state index in [1.165, 1.54) is 0 Å². The molecule has 0 bridgehead atoms. The number of hydrogen-bond acceptors (Lipinski definition) is 6. The van der Waals surface area contributed by atoms with E-state index in [0.29, 0.717) is 18.1 Å². The molecular weight excluding hydrogens is 400 g/mol. The van der Waals surface area contributed by atoms with Gasteiger partial charge in [-0.2, -0.15) is 4.98 Å². The van der Waals surface area contributed by atoms with Crippen LogP contribution in [0.3, 0.4) is 0 Å². The molecule has 3 N–H and O–H groups in total. The van der Waals surface area contributed by atoms with Crippen LogP contribution in [-0.4, -0.2) is 17.1 Å². The topological polar surface area (TPSA) is 82.3 Å². The summed E-state index contributed by atoms with van der Waals surface area (Å²) in [5, 5.41) is 3.23. The van der Waals surface area contributed by atoms with E-state index in [-0.39, 0.29) is 5.95 Å². The maximum Gasteiger partial charge on any atom is 0.222 e. The molecule has 0 aliphatic rings. The molecule has 0 spiro atoms. The van der Waals surface area contributed by atoms with Gasteiger partial charge in [-0.05, 0) is 53.6 Å². The van der Waals surface area contributed by atoms with Crippen LogP contribution < -0.4 is 20.5 Å². The monoisotopic (exact) mass is 424 g/mol. The molecule has 0 unspecified atom stereocenters. The van der Waals surface area contributed by atoms with E-state index < -0.39 is 0 Å². The zero-order valence-corrected chi connectivity index (χ0v) is 17.7. The largest absolute Gasteiger partial charge is 0.497 e. The van der Waals surface area contributed by atoms with Crippen molar-refractivity contribution >= 4 is 29.6 Å². The lowest BCUT2D eigenvalue weighted by atomic mass is 10.2. The van der Waals surface area contributed by atoms with Gasteiger partial charge in [-0.25, -0.2) is 4.98 Å². The van der Waals surface area contributed by atoms with E-state index in [4.69, 9.17) is 15.2 Å². The number of nitrogens with one attached hydrogen (secondary N) is 1. The predicted molar refractivity (Wildman–Crippen MR) is 129 cm³/mol. The summed E-state index contributed by atoms with van der Waals surface area (Å²) in [7, 11) is 1.64. The van der Waals surface area contributed by atoms with E-state index in [1.807, 2.05) is 97.1 Å². The molecule has 0 atom stereocenters. The fraction of sp³-hybridized carbons (Fsp3) is 0.0769. The average Bonchev–Trinajstić information content (AvgIpc) is 2.83. The molecule has 0 saturated heterocycles. The number of nitrogens with zero attached hydrogens (tertiary/aromatic N) is 2. The number of rotatable bonds is 8. The molecule has 4 aromatic rings. The Labute approximate surface area is 187 Å². The van der Waals surface area contributed by atoms with Gasteiger partial charge in [-0.1, -0.05) is 48.5 Å². The standard InChI is InChI=1S/C26H24N4O2/c1-31-23-15-11-21(12-16-23)28-25-17-22(29-26(27)30-25)10-7-19-8-13-24(14-9-19)32-18-20-5-3-2-4-6-20/h2-17H,18H2,1H3,(H3,27,28,29,30)/b10-7+. The Hall–Kier alpha value is -4.32. The summed E-state index contributed by atoms with van der Waals surface area (Å²) in [5.74, 6) is 2.43. The van der Waals surface area contributed by atoms with Crippen molar-refractivity contribution in [3.05, 3.63) is 102 Å². The highest BCUT2D eigenvalue weighted by Gasteiger charge is 2.02. The number of nitrogen functional groups attached to an aromatic ring is 1. The van der Waals surface area contributed by atoms with Crippen molar-refractivity contribution in [1.29, 1.82) is 0 Å². The van der Waals surface area contributed by atoms with Crippen LogP contribution in [0.15, 0.2) is 84.9 Å². The molecule has 6 nitrogen and oxygen atoms in total. The predicted octanol–water partition coefficient (Wildman–Crippen LogP) is 5.56. The zero-order valence-electron chi connectivity index (χ0n) is 17.7. The molecule has 0 aliphatic carbocycles. The fourth-order valence-electron chi connectivity index (χ4n) is 3.05. The second-order valence-electron chi connectivity index (χ2n) is 7.07. The molecular formula is C26H24N4O2. The van der Waals surface area contributed by atoms with E-state index in [1.54, 1.807) is 7.11 Å². The lowest BCUT2D eigenvalue weighted by Crippen LogP contribution is -2.01. The molecule has 0 radical (unpaired) electrons. The van der Waals surface area contributed by atoms with Crippen molar-refractivity contribution in [3.8, 4) is 11.5 Å². The van der Waals surface area contributed by atoms with Gasteiger partial charge in [0.15, 0.2) is 0 Å². The van der Waals surface area contributed by atoms with Crippen LogP contribution >= 0.6 is 0 Å². The van der Waals surface area contributed by atoms with Gasteiger partial charge >= 0.3 is 0 Å². The van der Waals surface area contributed by atoms with Gasteiger partial charge in [0, 0.05) is 11.8 Å². The number of nitrogens with two attached hydrogens (primary N) is 1. The lowest BCUT2D eigenvalue weighted by molar-refractivity contribution is 0.306. The Morgan fingerprint density at radius 1 is 0.844 bits per heavy atom. The molecule has 0 saturated carbocycles. The van der Waals surface area contributed by atoms with E-state index in [0.717, 1.165) is 28.3 Å². The molecule has 4 rings (SSSR count). The maximum absolute atomic E-state index is 5.90. The second kappa shape index (κ2) is 10.1. The first-order valence-corrected chi connectivity index (χ1v) is 10.2. The molecule has 1 heterocycles. The number of methoxy groups -OCH3 is 1. The van der Waals surface area contributed by atoms with Crippen LogP contribution in [0.5, 0.6) is 11.5 Å². The van der Waals surface area contributed by atoms with Crippen LogP contribution in [0.2, 0.25) is 0 Å². The first-order valence-electron chi connectivity index (χ1n) is 10.2. The average molecular weight is 425 g/mol. The van der Waals surface area contributed by atoms with Gasteiger partial charge in [-0.3, -0.25) is 0 Å². The normalized spacial score (nSPS) is 10.8. The minimum absolute atomic E-state index is 0.202. The third-order valence-corrected chi connectivity index (χ3v) is 4.70. The van der Waals surface area contributed by atoms with Crippen LogP contribution in [0.25, 0.3) is 12.2 Å².